The average molecular weight is 587 g/mol. The Hall–Kier alpha value is -0.770. The minimum atomic E-state index is -0.120. The minimum Gasteiger partial charge on any atom is -0.465 e. The van der Waals surface area contributed by atoms with Crippen LogP contribution in [-0.4, -0.2) is 31.0 Å². The molecule has 0 aliphatic carbocycles. The predicted octanol–water partition coefficient (Wildman–Crippen LogP) is 11.4. The highest BCUT2D eigenvalue weighted by molar-refractivity contribution is 6.17. The molecule has 40 heavy (non-hydrogen) atoms. The van der Waals surface area contributed by atoms with Crippen LogP contribution in [0.15, 0.2) is 0 Å². The van der Waals surface area contributed by atoms with Gasteiger partial charge in [-0.2, -0.15) is 0 Å². The summed E-state index contributed by atoms with van der Waals surface area (Å²) in [4.78, 5) is 25.1. The monoisotopic (exact) mass is 586 g/mol. The van der Waals surface area contributed by atoms with Crippen LogP contribution in [0.4, 0.5) is 0 Å². The maximum Gasteiger partial charge on any atom is 0.306 e. The molecule has 0 aliphatic heterocycles. The summed E-state index contributed by atoms with van der Waals surface area (Å²) in [6.45, 7) is 7.40. The molecule has 0 saturated carbocycles. The molecule has 0 aromatic carbocycles. The van der Waals surface area contributed by atoms with E-state index in [1.807, 2.05) is 0 Å². The zero-order valence-corrected chi connectivity index (χ0v) is 27.7. The van der Waals surface area contributed by atoms with Gasteiger partial charge in [0, 0.05) is 24.6 Å². The van der Waals surface area contributed by atoms with E-state index < -0.39 is 0 Å². The first-order chi connectivity index (χ1) is 19.6. The summed E-state index contributed by atoms with van der Waals surface area (Å²) >= 11 is 5.88. The maximum absolute atomic E-state index is 12.8. The van der Waals surface area contributed by atoms with Gasteiger partial charge in [0.15, 0.2) is 0 Å². The molecular weight excluding hydrogens is 520 g/mol. The van der Waals surface area contributed by atoms with Gasteiger partial charge < -0.3 is 9.47 Å². The van der Waals surface area contributed by atoms with Crippen molar-refractivity contribution < 1.29 is 19.1 Å². The van der Waals surface area contributed by atoms with E-state index in [-0.39, 0.29) is 17.9 Å². The summed E-state index contributed by atoms with van der Waals surface area (Å²) < 4.78 is 11.4. The summed E-state index contributed by atoms with van der Waals surface area (Å²) in [5.41, 5.74) is 0. The third-order valence-electron chi connectivity index (χ3n) is 8.08. The van der Waals surface area contributed by atoms with Crippen LogP contribution in [0.3, 0.4) is 0 Å². The van der Waals surface area contributed by atoms with Crippen LogP contribution >= 0.6 is 11.6 Å². The highest BCUT2D eigenvalue weighted by Crippen LogP contribution is 2.23. The zero-order valence-electron chi connectivity index (χ0n) is 27.0. The van der Waals surface area contributed by atoms with Gasteiger partial charge in [0.25, 0.3) is 0 Å². The molecule has 0 radical (unpaired) electrons. The summed E-state index contributed by atoms with van der Waals surface area (Å²) in [7, 11) is 0. The van der Waals surface area contributed by atoms with Crippen molar-refractivity contribution in [2.45, 2.75) is 181 Å². The molecule has 0 rings (SSSR count). The van der Waals surface area contributed by atoms with Crippen molar-refractivity contribution in [1.82, 2.24) is 0 Å². The fourth-order valence-electron chi connectivity index (χ4n) is 5.36. The number of carbonyl (C=O) groups is 2. The highest BCUT2D eigenvalue weighted by Gasteiger charge is 2.18. The Morgan fingerprint density at radius 2 is 0.900 bits per heavy atom. The molecule has 2 unspecified atom stereocenters. The minimum absolute atomic E-state index is 0.0521. The van der Waals surface area contributed by atoms with Crippen molar-refractivity contribution in [3.05, 3.63) is 0 Å². The van der Waals surface area contributed by atoms with Gasteiger partial charge in [0.2, 0.25) is 0 Å². The number of rotatable bonds is 31. The molecule has 0 aromatic heterocycles. The van der Waals surface area contributed by atoms with Crippen molar-refractivity contribution in [3.63, 3.8) is 0 Å². The molecule has 0 N–H and O–H groups in total. The molecule has 0 fully saturated rings. The predicted molar refractivity (Wildman–Crippen MR) is 172 cm³/mol. The zero-order chi connectivity index (χ0) is 29.5. The highest BCUT2D eigenvalue weighted by atomic mass is 35.5. The number of esters is 2. The first kappa shape index (κ1) is 39.2. The largest absolute Gasteiger partial charge is 0.465 e. The van der Waals surface area contributed by atoms with Crippen LogP contribution in [0.5, 0.6) is 0 Å². The SMILES string of the molecule is CCCCCCCCCCC(=O)OCC(CCCCCl)COC(=O)CC(CCCCCC)CCCCCCCC. The standard InChI is InChI=1S/C35H67ClO4/c1-4-7-10-13-15-16-18-21-27-34(37)39-30-33(26-22-23-28-36)31-40-35(38)29-32(24-19-12-9-6-3)25-20-17-14-11-8-5-2/h32-33H,4-31H2,1-3H3. The summed E-state index contributed by atoms with van der Waals surface area (Å²) in [6.07, 6.45) is 28.4. The van der Waals surface area contributed by atoms with Crippen LogP contribution in [0.25, 0.3) is 0 Å². The molecule has 0 aromatic rings. The van der Waals surface area contributed by atoms with Gasteiger partial charge in [-0.05, 0) is 38.0 Å². The van der Waals surface area contributed by atoms with Crippen LogP contribution < -0.4 is 0 Å². The van der Waals surface area contributed by atoms with Crippen molar-refractivity contribution >= 4 is 23.5 Å². The molecule has 0 heterocycles. The lowest BCUT2D eigenvalue weighted by molar-refractivity contribution is -0.150. The number of carbonyl (C=O) groups excluding carboxylic acids is 2. The van der Waals surface area contributed by atoms with E-state index in [1.165, 1.54) is 103 Å². The molecule has 5 heteroatoms. The Balaban J connectivity index is 4.46. The third kappa shape index (κ3) is 27.4. The molecule has 0 bridgehead atoms. The Kier molecular flexibility index (Phi) is 30.6. The van der Waals surface area contributed by atoms with E-state index in [0.717, 1.165) is 44.9 Å². The summed E-state index contributed by atoms with van der Waals surface area (Å²) in [6, 6.07) is 0. The van der Waals surface area contributed by atoms with E-state index >= 15 is 0 Å². The molecular formula is C35H67ClO4. The number of hydrogen-bond donors (Lipinski definition) is 0. The lowest BCUT2D eigenvalue weighted by atomic mass is 9.91. The van der Waals surface area contributed by atoms with Crippen molar-refractivity contribution in [3.8, 4) is 0 Å². The third-order valence-corrected chi connectivity index (χ3v) is 8.34. The second kappa shape index (κ2) is 31.2. The van der Waals surface area contributed by atoms with E-state index in [0.29, 0.717) is 37.9 Å². The molecule has 4 nitrogen and oxygen atoms in total. The van der Waals surface area contributed by atoms with Crippen molar-refractivity contribution in [2.75, 3.05) is 19.1 Å². The quantitative estimate of drug-likeness (QED) is 0.0460. The van der Waals surface area contributed by atoms with Crippen molar-refractivity contribution in [1.29, 1.82) is 0 Å². The van der Waals surface area contributed by atoms with E-state index in [2.05, 4.69) is 20.8 Å². The lowest BCUT2D eigenvalue weighted by Gasteiger charge is -2.19. The number of ether oxygens (including phenoxy) is 2. The Morgan fingerprint density at radius 1 is 0.500 bits per heavy atom. The van der Waals surface area contributed by atoms with Crippen LogP contribution in [-0.2, 0) is 19.1 Å². The van der Waals surface area contributed by atoms with Crippen LogP contribution in [0, 0.1) is 11.8 Å². The lowest BCUT2D eigenvalue weighted by Crippen LogP contribution is -2.22. The Labute approximate surface area is 254 Å². The van der Waals surface area contributed by atoms with Gasteiger partial charge in [0.1, 0.15) is 0 Å². The smallest absolute Gasteiger partial charge is 0.306 e. The van der Waals surface area contributed by atoms with Gasteiger partial charge in [0.05, 0.1) is 13.2 Å². The normalized spacial score (nSPS) is 12.8. The fraction of sp³-hybridized carbons (Fsp3) is 0.943. The molecule has 0 spiro atoms. The first-order valence-corrected chi connectivity index (χ1v) is 18.0. The van der Waals surface area contributed by atoms with Gasteiger partial charge in [-0.25, -0.2) is 0 Å². The Bertz CT molecular complexity index is 554. The van der Waals surface area contributed by atoms with Gasteiger partial charge in [-0.15, -0.1) is 11.6 Å². The molecule has 0 aliphatic rings. The van der Waals surface area contributed by atoms with Gasteiger partial charge >= 0.3 is 11.9 Å². The first-order valence-electron chi connectivity index (χ1n) is 17.4. The van der Waals surface area contributed by atoms with Crippen molar-refractivity contribution in [2.24, 2.45) is 11.8 Å². The maximum atomic E-state index is 12.8. The number of unbranched alkanes of at least 4 members (excludes halogenated alkanes) is 16. The van der Waals surface area contributed by atoms with E-state index in [4.69, 9.17) is 21.1 Å². The summed E-state index contributed by atoms with van der Waals surface area (Å²) in [5, 5.41) is 0. The second-order valence-corrected chi connectivity index (χ2v) is 12.5. The van der Waals surface area contributed by atoms with Crippen LogP contribution in [0.1, 0.15) is 181 Å². The second-order valence-electron chi connectivity index (χ2n) is 12.1. The molecule has 0 amide bonds. The van der Waals surface area contributed by atoms with E-state index in [9.17, 15) is 9.59 Å². The Morgan fingerprint density at radius 3 is 1.43 bits per heavy atom. The number of alkyl halides is 1. The fourth-order valence-corrected chi connectivity index (χ4v) is 5.54. The van der Waals surface area contributed by atoms with Gasteiger partial charge in [-0.3, -0.25) is 9.59 Å². The number of hydrogen-bond acceptors (Lipinski definition) is 4. The summed E-state index contributed by atoms with van der Waals surface area (Å²) in [5.74, 6) is 0.902. The number of halogens is 1. The molecule has 2 atom stereocenters. The molecule has 238 valence electrons. The van der Waals surface area contributed by atoms with Gasteiger partial charge in [-0.1, -0.05) is 136 Å². The topological polar surface area (TPSA) is 52.6 Å². The van der Waals surface area contributed by atoms with E-state index in [1.54, 1.807) is 0 Å². The molecule has 0 saturated heterocycles. The van der Waals surface area contributed by atoms with Crippen LogP contribution in [0.2, 0.25) is 0 Å². The average Bonchev–Trinajstić information content (AvgIpc) is 2.95.